The summed E-state index contributed by atoms with van der Waals surface area (Å²) in [5.41, 5.74) is 3.90. The van der Waals surface area contributed by atoms with Crippen molar-refractivity contribution in [3.63, 3.8) is 0 Å². The van der Waals surface area contributed by atoms with Gasteiger partial charge < -0.3 is 9.64 Å². The molecule has 0 saturated heterocycles. The normalized spacial score (nSPS) is 13.7. The Labute approximate surface area is 136 Å². The Hall–Kier alpha value is -2.14. The molecule has 2 aromatic rings. The average molecular weight is 313 g/mol. The van der Waals surface area contributed by atoms with Crippen LogP contribution in [0, 0.1) is 0 Å². The number of amides is 1. The Kier molecular flexibility index (Phi) is 4.76. The van der Waals surface area contributed by atoms with Crippen molar-refractivity contribution >= 4 is 5.91 Å². The predicted octanol–water partition coefficient (Wildman–Crippen LogP) is 2.29. The molecule has 0 saturated carbocycles. The molecule has 3 rings (SSSR count). The third-order valence-electron chi connectivity index (χ3n) is 4.32. The lowest BCUT2D eigenvalue weighted by Crippen LogP contribution is -2.30. The van der Waals surface area contributed by atoms with E-state index < -0.39 is 0 Å². The maximum Gasteiger partial charge on any atom is 0.274 e. The number of aryl methyl sites for hydroxylation is 1. The highest BCUT2D eigenvalue weighted by Crippen LogP contribution is 2.22. The van der Waals surface area contributed by atoms with Crippen molar-refractivity contribution in [3.8, 4) is 0 Å². The van der Waals surface area contributed by atoms with Gasteiger partial charge in [-0.15, -0.1) is 0 Å². The van der Waals surface area contributed by atoms with Crippen LogP contribution in [0.4, 0.5) is 0 Å². The number of hydrogen-bond donors (Lipinski definition) is 0. The van der Waals surface area contributed by atoms with E-state index in [2.05, 4.69) is 24.2 Å². The first kappa shape index (κ1) is 15.7. The Morgan fingerprint density at radius 1 is 1.35 bits per heavy atom. The molecule has 0 N–H and O–H groups in total. The maximum atomic E-state index is 12.8. The van der Waals surface area contributed by atoms with Crippen LogP contribution in [0.3, 0.4) is 0 Å². The summed E-state index contributed by atoms with van der Waals surface area (Å²) in [6, 6.07) is 10.2. The summed E-state index contributed by atoms with van der Waals surface area (Å²) in [5.74, 6) is -0.0186. The molecule has 1 aromatic heterocycles. The molecule has 5 heteroatoms. The Balaban J connectivity index is 1.73. The fourth-order valence-electron chi connectivity index (χ4n) is 2.97. The van der Waals surface area contributed by atoms with Crippen LogP contribution in [0.1, 0.15) is 34.2 Å². The number of aromatic nitrogens is 2. The second-order valence-corrected chi connectivity index (χ2v) is 5.85. The minimum Gasteiger partial charge on any atom is -0.376 e. The second kappa shape index (κ2) is 6.96. The Bertz CT molecular complexity index is 679. The van der Waals surface area contributed by atoms with Gasteiger partial charge in [0.2, 0.25) is 0 Å². The van der Waals surface area contributed by atoms with E-state index in [9.17, 15) is 4.79 Å². The standard InChI is InChI=1S/C18H23N3O2/c1-3-21-16-10-12-23-13-15(16)17(19-21)18(22)20(2)11-9-14-7-5-4-6-8-14/h4-8H,3,9-13H2,1-2H3. The summed E-state index contributed by atoms with van der Waals surface area (Å²) in [7, 11) is 1.84. The van der Waals surface area contributed by atoms with Crippen LogP contribution in [0.15, 0.2) is 30.3 Å². The van der Waals surface area contributed by atoms with E-state index in [-0.39, 0.29) is 5.91 Å². The quantitative estimate of drug-likeness (QED) is 0.851. The summed E-state index contributed by atoms with van der Waals surface area (Å²) in [6.45, 7) is 4.70. The van der Waals surface area contributed by atoms with Gasteiger partial charge in [-0.3, -0.25) is 9.48 Å². The van der Waals surface area contributed by atoms with Crippen LogP contribution >= 0.6 is 0 Å². The van der Waals surface area contributed by atoms with Gasteiger partial charge in [0.05, 0.1) is 13.2 Å². The molecule has 2 heterocycles. The first-order chi connectivity index (χ1) is 11.2. The van der Waals surface area contributed by atoms with E-state index in [4.69, 9.17) is 4.74 Å². The summed E-state index contributed by atoms with van der Waals surface area (Å²) >= 11 is 0. The van der Waals surface area contributed by atoms with Crippen LogP contribution in [-0.2, 0) is 30.7 Å². The van der Waals surface area contributed by atoms with Gasteiger partial charge in [-0.2, -0.15) is 5.10 Å². The van der Waals surface area contributed by atoms with E-state index in [0.29, 0.717) is 25.5 Å². The molecule has 0 unspecified atom stereocenters. The lowest BCUT2D eigenvalue weighted by atomic mass is 10.1. The number of carbonyl (C=O) groups is 1. The van der Waals surface area contributed by atoms with Crippen molar-refractivity contribution in [2.24, 2.45) is 0 Å². The zero-order valence-corrected chi connectivity index (χ0v) is 13.8. The van der Waals surface area contributed by atoms with Crippen molar-refractivity contribution < 1.29 is 9.53 Å². The summed E-state index contributed by atoms with van der Waals surface area (Å²) in [4.78, 5) is 14.5. The number of fused-ring (bicyclic) bond motifs is 1. The van der Waals surface area contributed by atoms with Crippen LogP contribution < -0.4 is 0 Å². The fourth-order valence-corrected chi connectivity index (χ4v) is 2.97. The third kappa shape index (κ3) is 3.29. The number of nitrogens with zero attached hydrogens (tertiary/aromatic N) is 3. The van der Waals surface area contributed by atoms with Gasteiger partial charge in [0.1, 0.15) is 0 Å². The lowest BCUT2D eigenvalue weighted by molar-refractivity contribution is 0.0776. The molecule has 23 heavy (non-hydrogen) atoms. The average Bonchev–Trinajstić information content (AvgIpc) is 2.98. The third-order valence-corrected chi connectivity index (χ3v) is 4.32. The SMILES string of the molecule is CCn1nc(C(=O)N(C)CCc2ccccc2)c2c1CCOC2. The van der Waals surface area contributed by atoms with Crippen molar-refractivity contribution in [1.29, 1.82) is 0 Å². The topological polar surface area (TPSA) is 47.4 Å². The summed E-state index contributed by atoms with van der Waals surface area (Å²) < 4.78 is 7.47. The lowest BCUT2D eigenvalue weighted by Gasteiger charge is -2.18. The van der Waals surface area contributed by atoms with Gasteiger partial charge in [-0.1, -0.05) is 30.3 Å². The van der Waals surface area contributed by atoms with Gasteiger partial charge in [0.15, 0.2) is 5.69 Å². The van der Waals surface area contributed by atoms with Crippen LogP contribution in [0.25, 0.3) is 0 Å². The monoisotopic (exact) mass is 313 g/mol. The largest absolute Gasteiger partial charge is 0.376 e. The second-order valence-electron chi connectivity index (χ2n) is 5.85. The molecule has 1 aliphatic rings. The molecule has 1 aliphatic heterocycles. The molecular weight excluding hydrogens is 290 g/mol. The van der Waals surface area contributed by atoms with Crippen LogP contribution in [-0.4, -0.2) is 40.8 Å². The molecular formula is C18H23N3O2. The zero-order valence-electron chi connectivity index (χ0n) is 13.8. The summed E-state index contributed by atoms with van der Waals surface area (Å²) in [5, 5.41) is 4.53. The number of rotatable bonds is 5. The van der Waals surface area contributed by atoms with E-state index in [0.717, 1.165) is 30.6 Å². The van der Waals surface area contributed by atoms with Crippen molar-refractivity contribution in [2.75, 3.05) is 20.2 Å². The van der Waals surface area contributed by atoms with E-state index in [1.165, 1.54) is 5.56 Å². The van der Waals surface area contributed by atoms with E-state index >= 15 is 0 Å². The highest BCUT2D eigenvalue weighted by atomic mass is 16.5. The van der Waals surface area contributed by atoms with E-state index in [1.807, 2.05) is 29.9 Å². The molecule has 0 spiro atoms. The highest BCUT2D eigenvalue weighted by Gasteiger charge is 2.26. The smallest absolute Gasteiger partial charge is 0.274 e. The van der Waals surface area contributed by atoms with E-state index in [1.54, 1.807) is 4.90 Å². The molecule has 1 amide bonds. The zero-order chi connectivity index (χ0) is 16.2. The molecule has 5 nitrogen and oxygen atoms in total. The fraction of sp³-hybridized carbons (Fsp3) is 0.444. The summed E-state index contributed by atoms with van der Waals surface area (Å²) in [6.07, 6.45) is 1.67. The molecule has 0 radical (unpaired) electrons. The molecule has 1 aromatic carbocycles. The first-order valence-corrected chi connectivity index (χ1v) is 8.16. The minimum atomic E-state index is -0.0186. The molecule has 0 aliphatic carbocycles. The van der Waals surface area contributed by atoms with Crippen molar-refractivity contribution in [2.45, 2.75) is 32.9 Å². The molecule has 122 valence electrons. The predicted molar refractivity (Wildman–Crippen MR) is 88.4 cm³/mol. The number of likely N-dealkylation sites (N-methyl/N-ethyl adjacent to an activating group) is 1. The number of hydrogen-bond acceptors (Lipinski definition) is 3. The van der Waals surface area contributed by atoms with Crippen molar-refractivity contribution in [3.05, 3.63) is 52.8 Å². The highest BCUT2D eigenvalue weighted by molar-refractivity contribution is 5.93. The Morgan fingerprint density at radius 2 is 2.13 bits per heavy atom. The number of ether oxygens (including phenoxy) is 1. The van der Waals surface area contributed by atoms with Gasteiger partial charge in [-0.05, 0) is 18.9 Å². The van der Waals surface area contributed by atoms with Crippen LogP contribution in [0.2, 0.25) is 0 Å². The Morgan fingerprint density at radius 3 is 2.87 bits per heavy atom. The number of carbonyl (C=O) groups excluding carboxylic acids is 1. The first-order valence-electron chi connectivity index (χ1n) is 8.16. The number of benzene rings is 1. The van der Waals surface area contributed by atoms with Gasteiger partial charge in [0, 0.05) is 37.8 Å². The van der Waals surface area contributed by atoms with Crippen molar-refractivity contribution in [1.82, 2.24) is 14.7 Å². The molecule has 0 fully saturated rings. The maximum absolute atomic E-state index is 12.8. The van der Waals surface area contributed by atoms with Gasteiger partial charge in [0.25, 0.3) is 5.91 Å². The minimum absolute atomic E-state index is 0.0186. The van der Waals surface area contributed by atoms with Gasteiger partial charge >= 0.3 is 0 Å². The van der Waals surface area contributed by atoms with Gasteiger partial charge in [-0.25, -0.2) is 0 Å². The molecule has 0 atom stereocenters. The van der Waals surface area contributed by atoms with Crippen LogP contribution in [0.5, 0.6) is 0 Å². The molecule has 0 bridgehead atoms.